The second-order valence-corrected chi connectivity index (χ2v) is 6.00. The van der Waals surface area contributed by atoms with Crippen molar-refractivity contribution < 1.29 is 0 Å². The predicted molar refractivity (Wildman–Crippen MR) is 85.4 cm³/mol. The molecule has 18 heavy (non-hydrogen) atoms. The monoisotopic (exact) mass is 373 g/mol. The van der Waals surface area contributed by atoms with Gasteiger partial charge >= 0.3 is 0 Å². The van der Waals surface area contributed by atoms with Crippen LogP contribution in [-0.4, -0.2) is 16.5 Å². The molecule has 0 saturated heterocycles. The maximum absolute atomic E-state index is 4.66. The molecule has 0 fully saturated rings. The number of nitrogens with zero attached hydrogens (tertiary/aromatic N) is 2. The molecule has 1 N–H and O–H groups in total. The molecule has 0 unspecified atom stereocenters. The highest BCUT2D eigenvalue weighted by Gasteiger charge is 2.11. The van der Waals surface area contributed by atoms with E-state index in [1.165, 1.54) is 4.88 Å². The van der Waals surface area contributed by atoms with Crippen LogP contribution in [0.2, 0.25) is 0 Å². The summed E-state index contributed by atoms with van der Waals surface area (Å²) in [7, 11) is 0. The van der Waals surface area contributed by atoms with Gasteiger partial charge in [-0.3, -0.25) is 0 Å². The minimum atomic E-state index is 0.819. The Balaban J connectivity index is 2.32. The SMILES string of the molecule is CCNc1nc(Cc2cccs2)nc(CC)c1I. The molecule has 0 aliphatic carbocycles. The number of rotatable bonds is 5. The summed E-state index contributed by atoms with van der Waals surface area (Å²) in [6.45, 7) is 5.10. The van der Waals surface area contributed by atoms with Crippen LogP contribution in [0.4, 0.5) is 5.82 Å². The van der Waals surface area contributed by atoms with E-state index in [9.17, 15) is 0 Å². The minimum absolute atomic E-state index is 0.819. The Bertz CT molecular complexity index is 511. The number of thiophene rings is 1. The molecule has 0 radical (unpaired) electrons. The molecular weight excluding hydrogens is 357 g/mol. The van der Waals surface area contributed by atoms with E-state index in [0.29, 0.717) is 0 Å². The quantitative estimate of drug-likeness (QED) is 0.812. The lowest BCUT2D eigenvalue weighted by Gasteiger charge is -2.10. The zero-order chi connectivity index (χ0) is 13.0. The van der Waals surface area contributed by atoms with Crippen molar-refractivity contribution in [2.24, 2.45) is 0 Å². The number of hydrogen-bond acceptors (Lipinski definition) is 4. The van der Waals surface area contributed by atoms with Crippen LogP contribution < -0.4 is 5.32 Å². The molecule has 5 heteroatoms. The van der Waals surface area contributed by atoms with E-state index in [1.807, 2.05) is 0 Å². The van der Waals surface area contributed by atoms with E-state index in [0.717, 1.165) is 40.3 Å². The fraction of sp³-hybridized carbons (Fsp3) is 0.385. The summed E-state index contributed by atoms with van der Waals surface area (Å²) >= 11 is 4.08. The number of aryl methyl sites for hydroxylation is 1. The third kappa shape index (κ3) is 3.20. The van der Waals surface area contributed by atoms with Gasteiger partial charge in [0, 0.05) is 17.8 Å². The fourth-order valence-corrected chi connectivity index (χ4v) is 3.23. The zero-order valence-electron chi connectivity index (χ0n) is 10.5. The minimum Gasteiger partial charge on any atom is -0.369 e. The van der Waals surface area contributed by atoms with E-state index < -0.39 is 0 Å². The highest BCUT2D eigenvalue weighted by Crippen LogP contribution is 2.21. The Hall–Kier alpha value is -0.690. The second kappa shape index (κ2) is 6.47. The van der Waals surface area contributed by atoms with Gasteiger partial charge in [-0.1, -0.05) is 13.0 Å². The first kappa shape index (κ1) is 13.7. The highest BCUT2D eigenvalue weighted by molar-refractivity contribution is 14.1. The molecule has 0 aliphatic rings. The normalized spacial score (nSPS) is 10.6. The van der Waals surface area contributed by atoms with Crippen molar-refractivity contribution in [1.82, 2.24) is 9.97 Å². The lowest BCUT2D eigenvalue weighted by molar-refractivity contribution is 0.899. The van der Waals surface area contributed by atoms with Crippen molar-refractivity contribution in [2.75, 3.05) is 11.9 Å². The van der Waals surface area contributed by atoms with Crippen molar-refractivity contribution >= 4 is 39.7 Å². The Kier molecular flexibility index (Phi) is 4.94. The van der Waals surface area contributed by atoms with Crippen LogP contribution in [0, 0.1) is 3.57 Å². The first-order valence-corrected chi connectivity index (χ1v) is 8.02. The topological polar surface area (TPSA) is 37.8 Å². The molecule has 0 amide bonds. The van der Waals surface area contributed by atoms with Gasteiger partial charge in [-0.25, -0.2) is 9.97 Å². The Labute approximate surface area is 125 Å². The average Bonchev–Trinajstić information content (AvgIpc) is 2.86. The number of halogens is 1. The van der Waals surface area contributed by atoms with E-state index in [4.69, 9.17) is 0 Å². The first-order valence-electron chi connectivity index (χ1n) is 6.06. The fourth-order valence-electron chi connectivity index (χ4n) is 1.71. The van der Waals surface area contributed by atoms with Gasteiger partial charge in [0.1, 0.15) is 11.6 Å². The summed E-state index contributed by atoms with van der Waals surface area (Å²) in [6.07, 6.45) is 1.76. The van der Waals surface area contributed by atoms with E-state index in [-0.39, 0.29) is 0 Å². The molecule has 0 bridgehead atoms. The molecule has 0 saturated carbocycles. The van der Waals surface area contributed by atoms with Crippen LogP contribution in [0.1, 0.15) is 30.2 Å². The summed E-state index contributed by atoms with van der Waals surface area (Å²) in [5, 5.41) is 5.41. The Morgan fingerprint density at radius 1 is 1.33 bits per heavy atom. The maximum Gasteiger partial charge on any atom is 0.143 e. The summed E-state index contributed by atoms with van der Waals surface area (Å²) in [4.78, 5) is 10.6. The number of aromatic nitrogens is 2. The Morgan fingerprint density at radius 3 is 2.78 bits per heavy atom. The maximum atomic E-state index is 4.66. The molecule has 96 valence electrons. The molecule has 2 heterocycles. The van der Waals surface area contributed by atoms with Gasteiger partial charge in [-0.15, -0.1) is 11.3 Å². The van der Waals surface area contributed by atoms with Crippen LogP contribution in [0.25, 0.3) is 0 Å². The second-order valence-electron chi connectivity index (χ2n) is 3.89. The summed E-state index contributed by atoms with van der Waals surface area (Å²) in [5.74, 6) is 1.88. The Morgan fingerprint density at radius 2 is 2.17 bits per heavy atom. The van der Waals surface area contributed by atoms with E-state index in [2.05, 4.69) is 69.2 Å². The van der Waals surface area contributed by atoms with Crippen LogP contribution in [0.3, 0.4) is 0 Å². The van der Waals surface area contributed by atoms with Gasteiger partial charge in [0.15, 0.2) is 0 Å². The molecule has 0 atom stereocenters. The number of hydrogen-bond donors (Lipinski definition) is 1. The third-order valence-corrected chi connectivity index (χ3v) is 4.57. The van der Waals surface area contributed by atoms with Crippen molar-refractivity contribution in [3.63, 3.8) is 0 Å². The van der Waals surface area contributed by atoms with Crippen LogP contribution >= 0.6 is 33.9 Å². The molecule has 0 spiro atoms. The van der Waals surface area contributed by atoms with Crippen molar-refractivity contribution in [2.45, 2.75) is 26.7 Å². The molecule has 0 aliphatic heterocycles. The summed E-state index contributed by atoms with van der Waals surface area (Å²) in [6, 6.07) is 4.20. The van der Waals surface area contributed by atoms with Gasteiger partial charge in [0.25, 0.3) is 0 Å². The van der Waals surface area contributed by atoms with E-state index in [1.54, 1.807) is 11.3 Å². The van der Waals surface area contributed by atoms with Crippen molar-refractivity contribution in [3.05, 3.63) is 37.5 Å². The number of nitrogens with one attached hydrogen (secondary N) is 1. The molecule has 2 rings (SSSR count). The van der Waals surface area contributed by atoms with Crippen molar-refractivity contribution in [1.29, 1.82) is 0 Å². The largest absolute Gasteiger partial charge is 0.369 e. The first-order chi connectivity index (χ1) is 8.74. The summed E-state index contributed by atoms with van der Waals surface area (Å²) in [5.41, 5.74) is 1.13. The smallest absolute Gasteiger partial charge is 0.143 e. The summed E-state index contributed by atoms with van der Waals surface area (Å²) < 4.78 is 1.15. The lowest BCUT2D eigenvalue weighted by atomic mass is 10.2. The predicted octanol–water partition coefficient (Wildman–Crippen LogP) is 3.73. The van der Waals surface area contributed by atoms with Gasteiger partial charge in [-0.2, -0.15) is 0 Å². The lowest BCUT2D eigenvalue weighted by Crippen LogP contribution is -2.09. The molecule has 3 nitrogen and oxygen atoms in total. The van der Waals surface area contributed by atoms with Crippen LogP contribution in [-0.2, 0) is 12.8 Å². The van der Waals surface area contributed by atoms with Crippen LogP contribution in [0.5, 0.6) is 0 Å². The molecule has 2 aromatic heterocycles. The average molecular weight is 373 g/mol. The van der Waals surface area contributed by atoms with Gasteiger partial charge in [0.2, 0.25) is 0 Å². The number of anilines is 1. The molecular formula is C13H16IN3S. The highest BCUT2D eigenvalue weighted by atomic mass is 127. The molecule has 0 aromatic carbocycles. The van der Waals surface area contributed by atoms with Gasteiger partial charge < -0.3 is 5.32 Å². The standard InChI is InChI=1S/C13H16IN3S/c1-3-10-12(14)13(15-4-2)17-11(16-10)8-9-6-5-7-18-9/h5-7H,3-4,8H2,1-2H3,(H,15,16,17). The zero-order valence-corrected chi connectivity index (χ0v) is 13.5. The van der Waals surface area contributed by atoms with E-state index >= 15 is 0 Å². The van der Waals surface area contributed by atoms with Gasteiger partial charge in [-0.05, 0) is 47.4 Å². The third-order valence-electron chi connectivity index (χ3n) is 2.56. The molecule has 2 aromatic rings. The van der Waals surface area contributed by atoms with Crippen molar-refractivity contribution in [3.8, 4) is 0 Å². The van der Waals surface area contributed by atoms with Crippen LogP contribution in [0.15, 0.2) is 17.5 Å². The van der Waals surface area contributed by atoms with Gasteiger partial charge in [0.05, 0.1) is 9.26 Å².